The van der Waals surface area contributed by atoms with E-state index in [0.717, 1.165) is 26.2 Å². The summed E-state index contributed by atoms with van der Waals surface area (Å²) in [4.78, 5) is 46.1. The van der Waals surface area contributed by atoms with Gasteiger partial charge in [0, 0.05) is 26.2 Å². The van der Waals surface area contributed by atoms with Gasteiger partial charge in [-0.15, -0.1) is 0 Å². The van der Waals surface area contributed by atoms with Crippen molar-refractivity contribution < 1.29 is 49.5 Å². The van der Waals surface area contributed by atoms with Crippen LogP contribution in [0.25, 0.3) is 0 Å². The second kappa shape index (κ2) is 33.1. The highest BCUT2D eigenvalue weighted by Crippen LogP contribution is 1.91. The third-order valence-corrected chi connectivity index (χ3v) is 1.51. The summed E-state index contributed by atoms with van der Waals surface area (Å²) >= 11 is 0. The van der Waals surface area contributed by atoms with Crippen LogP contribution in [0.2, 0.25) is 0 Å². The standard InChI is InChI=1S/C5H10O2.C4H8O2.C3H6O2.C2H4O2.CH2O2/c1-2-3-4-5(6)7;1-2-3-4(5)6;1-2-3(4)5;1-2(3)4;2-1-3/h2-4H2,1H3,(H,6,7);2-3H2,1H3,(H,5,6);2H2,1H3,(H,4,5);1H3,(H,3,4);1H,(H,2,3). The topological polar surface area (TPSA) is 186 Å². The van der Waals surface area contributed by atoms with Crippen molar-refractivity contribution in [1.82, 2.24) is 0 Å². The van der Waals surface area contributed by atoms with Gasteiger partial charge < -0.3 is 25.5 Å². The number of rotatable bonds is 6. The van der Waals surface area contributed by atoms with Crippen LogP contribution < -0.4 is 0 Å². The highest BCUT2D eigenvalue weighted by atomic mass is 16.4. The van der Waals surface area contributed by atoms with E-state index >= 15 is 0 Å². The molecule has 0 aliphatic rings. The molecule has 25 heavy (non-hydrogen) atoms. The molecule has 0 aliphatic heterocycles. The van der Waals surface area contributed by atoms with Gasteiger partial charge in [0.15, 0.2) is 0 Å². The number of hydrogen-bond acceptors (Lipinski definition) is 5. The molecule has 0 saturated heterocycles. The Morgan fingerprint density at radius 1 is 0.760 bits per heavy atom. The molecule has 150 valence electrons. The van der Waals surface area contributed by atoms with Crippen molar-refractivity contribution in [3.63, 3.8) is 0 Å². The maximum atomic E-state index is 9.76. The van der Waals surface area contributed by atoms with E-state index in [9.17, 15) is 14.4 Å². The summed E-state index contributed by atoms with van der Waals surface area (Å²) < 4.78 is 0. The fourth-order valence-electron chi connectivity index (χ4n) is 0.542. The number of carbonyl (C=O) groups is 5. The number of hydrogen-bond donors (Lipinski definition) is 5. The predicted molar refractivity (Wildman–Crippen MR) is 89.6 cm³/mol. The SMILES string of the molecule is CC(=O)O.CCC(=O)O.CCCC(=O)O.CCCCC(=O)O.O=CO. The van der Waals surface area contributed by atoms with Crippen LogP contribution in [0.15, 0.2) is 0 Å². The number of carboxylic acid groups (broad SMARTS) is 5. The first-order valence-electron chi connectivity index (χ1n) is 7.39. The van der Waals surface area contributed by atoms with E-state index in [1.165, 1.54) is 0 Å². The molecule has 0 saturated carbocycles. The Hall–Kier alpha value is -2.65. The Balaban J connectivity index is -0.0000000687. The first-order valence-corrected chi connectivity index (χ1v) is 7.39. The zero-order valence-electron chi connectivity index (χ0n) is 15.1. The molecule has 0 fully saturated rings. The van der Waals surface area contributed by atoms with E-state index in [2.05, 4.69) is 0 Å². The fourth-order valence-corrected chi connectivity index (χ4v) is 0.542. The third-order valence-electron chi connectivity index (χ3n) is 1.51. The van der Waals surface area contributed by atoms with Crippen molar-refractivity contribution in [3.05, 3.63) is 0 Å². The molecule has 0 unspecified atom stereocenters. The van der Waals surface area contributed by atoms with Crippen LogP contribution in [0.4, 0.5) is 0 Å². The summed E-state index contributed by atoms with van der Waals surface area (Å²) in [5, 5.41) is 38.0. The zero-order valence-corrected chi connectivity index (χ0v) is 15.1. The van der Waals surface area contributed by atoms with Crippen LogP contribution in [0.3, 0.4) is 0 Å². The summed E-state index contributed by atoms with van der Waals surface area (Å²) in [5.41, 5.74) is 0. The predicted octanol–water partition coefficient (Wildman–Crippen LogP) is 2.40. The van der Waals surface area contributed by atoms with Gasteiger partial charge in [0.05, 0.1) is 0 Å². The van der Waals surface area contributed by atoms with Crippen LogP contribution in [0.1, 0.15) is 66.2 Å². The Morgan fingerprint density at radius 3 is 1.08 bits per heavy atom. The van der Waals surface area contributed by atoms with Crippen molar-refractivity contribution in [2.75, 3.05) is 0 Å². The summed E-state index contributed by atoms with van der Waals surface area (Å²) in [6.45, 7) is 6.25. The Kier molecular flexibility index (Phi) is 44.8. The minimum Gasteiger partial charge on any atom is -0.483 e. The van der Waals surface area contributed by atoms with Crippen LogP contribution in [-0.4, -0.2) is 55.9 Å². The lowest BCUT2D eigenvalue weighted by Gasteiger charge is -1.85. The molecule has 10 heteroatoms. The fraction of sp³-hybridized carbons (Fsp3) is 0.667. The average Bonchev–Trinajstić information content (AvgIpc) is 2.46. The van der Waals surface area contributed by atoms with Gasteiger partial charge in [0.1, 0.15) is 0 Å². The first kappa shape index (κ1) is 33.8. The van der Waals surface area contributed by atoms with Gasteiger partial charge in [-0.3, -0.25) is 24.0 Å². The largest absolute Gasteiger partial charge is 0.483 e. The maximum absolute atomic E-state index is 9.76. The lowest BCUT2D eigenvalue weighted by molar-refractivity contribution is -0.138. The van der Waals surface area contributed by atoms with Gasteiger partial charge >= 0.3 is 17.9 Å². The van der Waals surface area contributed by atoms with Crippen molar-refractivity contribution in [2.45, 2.75) is 66.2 Å². The molecule has 0 aromatic rings. The zero-order chi connectivity index (χ0) is 21.3. The van der Waals surface area contributed by atoms with E-state index in [1.54, 1.807) is 6.92 Å². The number of aliphatic carboxylic acids is 4. The molecule has 0 aliphatic carbocycles. The van der Waals surface area contributed by atoms with Gasteiger partial charge in [-0.2, -0.15) is 0 Å². The van der Waals surface area contributed by atoms with Crippen LogP contribution in [0.5, 0.6) is 0 Å². The molecule has 0 heterocycles. The monoisotopic (exact) mass is 370 g/mol. The molecule has 0 radical (unpaired) electrons. The summed E-state index contributed by atoms with van der Waals surface area (Å²) in [7, 11) is 0. The molecule has 0 aromatic carbocycles. The van der Waals surface area contributed by atoms with E-state index in [-0.39, 0.29) is 12.9 Å². The van der Waals surface area contributed by atoms with Crippen molar-refractivity contribution >= 4 is 30.3 Å². The van der Waals surface area contributed by atoms with E-state index in [1.807, 2.05) is 13.8 Å². The highest BCUT2D eigenvalue weighted by Gasteiger charge is 1.90. The van der Waals surface area contributed by atoms with Crippen LogP contribution in [0, 0.1) is 0 Å². The normalized spacial score (nSPS) is 7.36. The first-order chi connectivity index (χ1) is 11.5. The molecule has 0 amide bonds. The van der Waals surface area contributed by atoms with Crippen LogP contribution in [-0.2, 0) is 24.0 Å². The van der Waals surface area contributed by atoms with Gasteiger partial charge in [-0.05, 0) is 12.8 Å². The van der Waals surface area contributed by atoms with E-state index in [4.69, 9.17) is 35.1 Å². The molecule has 10 nitrogen and oxygen atoms in total. The second-order valence-electron chi connectivity index (χ2n) is 4.01. The van der Waals surface area contributed by atoms with E-state index in [0.29, 0.717) is 12.8 Å². The molecule has 0 atom stereocenters. The van der Waals surface area contributed by atoms with Crippen molar-refractivity contribution in [2.24, 2.45) is 0 Å². The molecule has 5 N–H and O–H groups in total. The molecule has 0 rings (SSSR count). The Morgan fingerprint density at radius 2 is 1.04 bits per heavy atom. The maximum Gasteiger partial charge on any atom is 0.303 e. The summed E-state index contributed by atoms with van der Waals surface area (Å²) in [6.07, 6.45) is 3.33. The molecular formula is C15H30O10. The molecular weight excluding hydrogens is 340 g/mol. The molecule has 0 bridgehead atoms. The van der Waals surface area contributed by atoms with Crippen molar-refractivity contribution in [3.8, 4) is 0 Å². The average molecular weight is 370 g/mol. The highest BCUT2D eigenvalue weighted by molar-refractivity contribution is 5.66. The summed E-state index contributed by atoms with van der Waals surface area (Å²) in [5.74, 6) is -2.98. The minimum atomic E-state index is -0.833. The van der Waals surface area contributed by atoms with Gasteiger partial charge in [0.25, 0.3) is 12.4 Å². The van der Waals surface area contributed by atoms with Gasteiger partial charge in [-0.1, -0.05) is 27.2 Å². The quantitative estimate of drug-likeness (QED) is 0.434. The molecule has 0 spiro atoms. The minimum absolute atomic E-state index is 0.222. The second-order valence-corrected chi connectivity index (χ2v) is 4.01. The third kappa shape index (κ3) is 198. The van der Waals surface area contributed by atoms with Gasteiger partial charge in [0.2, 0.25) is 0 Å². The number of carboxylic acids is 4. The lowest BCUT2D eigenvalue weighted by atomic mass is 10.3. The van der Waals surface area contributed by atoms with E-state index < -0.39 is 23.9 Å². The van der Waals surface area contributed by atoms with Crippen LogP contribution >= 0.6 is 0 Å². The Labute approximate surface area is 147 Å². The molecule has 0 aromatic heterocycles. The smallest absolute Gasteiger partial charge is 0.303 e. The lowest BCUT2D eigenvalue weighted by Crippen LogP contribution is -1.91. The van der Waals surface area contributed by atoms with Gasteiger partial charge in [-0.25, -0.2) is 0 Å². The Bertz CT molecular complexity index is 335. The summed E-state index contributed by atoms with van der Waals surface area (Å²) in [6, 6.07) is 0. The van der Waals surface area contributed by atoms with Crippen molar-refractivity contribution in [1.29, 1.82) is 0 Å². The number of unbranched alkanes of at least 4 members (excludes halogenated alkanes) is 1.